The number of carbonyl (C=O) groups excluding carboxylic acids is 1. The van der Waals surface area contributed by atoms with Gasteiger partial charge >= 0.3 is 12.0 Å². The monoisotopic (exact) mass is 393 g/mol. The van der Waals surface area contributed by atoms with E-state index in [1.807, 2.05) is 25.7 Å². The lowest BCUT2D eigenvalue weighted by Crippen LogP contribution is -2.57. The van der Waals surface area contributed by atoms with Gasteiger partial charge in [-0.2, -0.15) is 0 Å². The summed E-state index contributed by atoms with van der Waals surface area (Å²) in [4.78, 5) is 25.6. The number of amides is 2. The number of hydrogen-bond acceptors (Lipinski definition) is 4. The summed E-state index contributed by atoms with van der Waals surface area (Å²) < 4.78 is 19.5. The molecule has 2 aliphatic rings. The molecule has 0 aromatic heterocycles. The minimum atomic E-state index is -0.792. The number of morpholine rings is 1. The first-order chi connectivity index (χ1) is 13.2. The van der Waals surface area contributed by atoms with Gasteiger partial charge in [0.2, 0.25) is 0 Å². The number of aliphatic carboxylic acids is 1. The van der Waals surface area contributed by atoms with Crippen molar-refractivity contribution in [2.24, 2.45) is 17.3 Å². The van der Waals surface area contributed by atoms with Crippen molar-refractivity contribution >= 4 is 23.4 Å². The Hall–Kier alpha value is -2.35. The van der Waals surface area contributed by atoms with Crippen molar-refractivity contribution in [1.82, 2.24) is 5.32 Å². The van der Waals surface area contributed by atoms with Crippen LogP contribution < -0.4 is 15.5 Å². The standard InChI is InChI=1S/C20H28FN3O4/c1-12(14-11-15(18(25)26)20(14,2)3)22-19(27)23-13-4-5-16(21)17(10-13)24-6-8-28-9-7-24/h4-5,10,12,14-15H,6-9,11H2,1-3H3,(H,25,26)(H2,22,23,27)/t12?,14-,15+/m0/s1. The second kappa shape index (κ2) is 7.95. The number of benzene rings is 1. The molecule has 1 aliphatic carbocycles. The van der Waals surface area contributed by atoms with E-state index in [4.69, 9.17) is 4.74 Å². The number of anilines is 2. The number of nitrogens with one attached hydrogen (secondary N) is 2. The average Bonchev–Trinajstić information content (AvgIpc) is 2.62. The SMILES string of the molecule is CC(NC(=O)Nc1ccc(F)c(N2CCOCC2)c1)[C@@H]1C[C@H](C(=O)O)C1(C)C. The number of rotatable bonds is 5. The smallest absolute Gasteiger partial charge is 0.319 e. The quantitative estimate of drug-likeness (QED) is 0.716. The van der Waals surface area contributed by atoms with Crippen LogP contribution in [0.4, 0.5) is 20.6 Å². The number of nitrogens with zero attached hydrogens (tertiary/aromatic N) is 1. The molecule has 1 saturated heterocycles. The third-order valence-corrected chi connectivity index (χ3v) is 6.16. The van der Waals surface area contributed by atoms with Crippen molar-refractivity contribution in [3.05, 3.63) is 24.0 Å². The lowest BCUT2D eigenvalue weighted by Gasteiger charge is -2.52. The van der Waals surface area contributed by atoms with E-state index in [0.717, 1.165) is 0 Å². The Bertz CT molecular complexity index is 749. The highest BCUT2D eigenvalue weighted by atomic mass is 19.1. The van der Waals surface area contributed by atoms with E-state index >= 15 is 0 Å². The number of halogens is 1. The molecule has 1 aromatic carbocycles. The van der Waals surface area contributed by atoms with Crippen LogP contribution in [-0.4, -0.2) is 49.5 Å². The van der Waals surface area contributed by atoms with Crippen LogP contribution in [0.5, 0.6) is 0 Å². The van der Waals surface area contributed by atoms with Crippen molar-refractivity contribution < 1.29 is 23.8 Å². The number of carboxylic acids is 1. The summed E-state index contributed by atoms with van der Waals surface area (Å²) in [6, 6.07) is 3.93. The van der Waals surface area contributed by atoms with Crippen molar-refractivity contribution in [2.45, 2.75) is 33.2 Å². The average molecular weight is 393 g/mol. The summed E-state index contributed by atoms with van der Waals surface area (Å²) >= 11 is 0. The van der Waals surface area contributed by atoms with Gasteiger partial charge in [-0.25, -0.2) is 9.18 Å². The molecule has 1 unspecified atom stereocenters. The Kier molecular flexibility index (Phi) is 5.79. The Morgan fingerprint density at radius 3 is 2.61 bits per heavy atom. The molecule has 0 bridgehead atoms. The molecule has 0 radical (unpaired) electrons. The molecule has 28 heavy (non-hydrogen) atoms. The normalized spacial score (nSPS) is 24.8. The molecule has 3 N–H and O–H groups in total. The Balaban J connectivity index is 1.60. The molecule has 1 saturated carbocycles. The van der Waals surface area contributed by atoms with Crippen LogP contribution in [0.3, 0.4) is 0 Å². The molecule has 7 nitrogen and oxygen atoms in total. The highest BCUT2D eigenvalue weighted by Gasteiger charge is 2.53. The number of urea groups is 1. The van der Waals surface area contributed by atoms with Crippen LogP contribution in [-0.2, 0) is 9.53 Å². The fourth-order valence-electron chi connectivity index (χ4n) is 4.34. The summed E-state index contributed by atoms with van der Waals surface area (Å²) in [7, 11) is 0. The number of carboxylic acid groups (broad SMARTS) is 1. The summed E-state index contributed by atoms with van der Waals surface area (Å²) in [5.41, 5.74) is 0.570. The van der Waals surface area contributed by atoms with Crippen LogP contribution in [0.25, 0.3) is 0 Å². The molecule has 2 fully saturated rings. The molecule has 3 rings (SSSR count). The molecular weight excluding hydrogens is 365 g/mol. The van der Waals surface area contributed by atoms with Gasteiger partial charge < -0.3 is 25.4 Å². The highest BCUT2D eigenvalue weighted by Crippen LogP contribution is 2.52. The van der Waals surface area contributed by atoms with Gasteiger partial charge in [-0.3, -0.25) is 4.79 Å². The fourth-order valence-corrected chi connectivity index (χ4v) is 4.34. The third-order valence-electron chi connectivity index (χ3n) is 6.16. The molecule has 1 aromatic rings. The van der Waals surface area contributed by atoms with Gasteiger partial charge in [-0.05, 0) is 42.9 Å². The van der Waals surface area contributed by atoms with Gasteiger partial charge in [0.1, 0.15) is 5.82 Å². The lowest BCUT2D eigenvalue weighted by atomic mass is 9.53. The van der Waals surface area contributed by atoms with Crippen molar-refractivity contribution in [1.29, 1.82) is 0 Å². The number of hydrogen-bond donors (Lipinski definition) is 3. The third kappa shape index (κ3) is 4.06. The zero-order valence-electron chi connectivity index (χ0n) is 16.5. The van der Waals surface area contributed by atoms with E-state index in [1.165, 1.54) is 12.1 Å². The molecule has 8 heteroatoms. The van der Waals surface area contributed by atoms with E-state index in [1.54, 1.807) is 6.07 Å². The van der Waals surface area contributed by atoms with Gasteiger partial charge in [0.25, 0.3) is 0 Å². The summed E-state index contributed by atoms with van der Waals surface area (Å²) in [5, 5.41) is 14.9. The maximum atomic E-state index is 14.2. The zero-order chi connectivity index (χ0) is 20.5. The van der Waals surface area contributed by atoms with E-state index in [2.05, 4.69) is 10.6 Å². The lowest BCUT2D eigenvalue weighted by molar-refractivity contribution is -0.160. The molecule has 1 heterocycles. The van der Waals surface area contributed by atoms with E-state index in [0.29, 0.717) is 44.1 Å². The minimum absolute atomic E-state index is 0.0801. The molecule has 0 spiro atoms. The fraction of sp³-hybridized carbons (Fsp3) is 0.600. The van der Waals surface area contributed by atoms with Crippen LogP contribution in [0.2, 0.25) is 0 Å². The second-order valence-electron chi connectivity index (χ2n) is 8.21. The maximum absolute atomic E-state index is 14.2. The molecule has 3 atom stereocenters. The first kappa shape index (κ1) is 20.4. The largest absolute Gasteiger partial charge is 0.481 e. The van der Waals surface area contributed by atoms with Crippen LogP contribution in [0.1, 0.15) is 27.2 Å². The van der Waals surface area contributed by atoms with E-state index in [9.17, 15) is 19.1 Å². The van der Waals surface area contributed by atoms with E-state index < -0.39 is 11.9 Å². The van der Waals surface area contributed by atoms with Crippen LogP contribution in [0, 0.1) is 23.1 Å². The van der Waals surface area contributed by atoms with Gasteiger partial charge in [-0.15, -0.1) is 0 Å². The van der Waals surface area contributed by atoms with Gasteiger partial charge in [0.15, 0.2) is 0 Å². The predicted molar refractivity (Wildman–Crippen MR) is 104 cm³/mol. The maximum Gasteiger partial charge on any atom is 0.319 e. The topological polar surface area (TPSA) is 90.9 Å². The molecule has 154 valence electrons. The molecular formula is C20H28FN3O4. The van der Waals surface area contributed by atoms with Crippen molar-refractivity contribution in [3.8, 4) is 0 Å². The second-order valence-corrected chi connectivity index (χ2v) is 8.21. The zero-order valence-corrected chi connectivity index (χ0v) is 16.5. The van der Waals surface area contributed by atoms with Crippen LogP contribution >= 0.6 is 0 Å². The summed E-state index contributed by atoms with van der Waals surface area (Å²) in [5.74, 6) is -1.44. The first-order valence-corrected chi connectivity index (χ1v) is 9.62. The Labute approximate surface area is 164 Å². The predicted octanol–water partition coefficient (Wildman–Crippen LogP) is 2.92. The Morgan fingerprint density at radius 1 is 1.32 bits per heavy atom. The van der Waals surface area contributed by atoms with E-state index in [-0.39, 0.29) is 29.2 Å². The van der Waals surface area contributed by atoms with Gasteiger partial charge in [0, 0.05) is 24.8 Å². The van der Waals surface area contributed by atoms with Gasteiger partial charge in [0.05, 0.1) is 24.8 Å². The molecule has 1 aliphatic heterocycles. The highest BCUT2D eigenvalue weighted by molar-refractivity contribution is 5.90. The number of ether oxygens (including phenoxy) is 1. The Morgan fingerprint density at radius 2 is 2.00 bits per heavy atom. The first-order valence-electron chi connectivity index (χ1n) is 9.62. The summed E-state index contributed by atoms with van der Waals surface area (Å²) in [6.07, 6.45) is 0.543. The minimum Gasteiger partial charge on any atom is -0.481 e. The van der Waals surface area contributed by atoms with Gasteiger partial charge in [-0.1, -0.05) is 13.8 Å². The summed E-state index contributed by atoms with van der Waals surface area (Å²) in [6.45, 7) is 8.02. The number of carbonyl (C=O) groups is 2. The molecule has 2 amide bonds. The van der Waals surface area contributed by atoms with Crippen LogP contribution in [0.15, 0.2) is 18.2 Å². The van der Waals surface area contributed by atoms with Crippen molar-refractivity contribution in [3.63, 3.8) is 0 Å². The van der Waals surface area contributed by atoms with Crippen molar-refractivity contribution in [2.75, 3.05) is 36.5 Å².